The Labute approximate surface area is 101 Å². The summed E-state index contributed by atoms with van der Waals surface area (Å²) < 4.78 is 5.18. The van der Waals surface area contributed by atoms with Crippen LogP contribution in [0.2, 0.25) is 0 Å². The monoisotopic (exact) mass is 251 g/mol. The number of aliphatic hydroxyl groups excluding tert-OH is 1. The summed E-state index contributed by atoms with van der Waals surface area (Å²) in [6, 6.07) is 3.86. The van der Waals surface area contributed by atoms with Crippen molar-refractivity contribution in [2.75, 3.05) is 24.7 Å². The van der Waals surface area contributed by atoms with E-state index < -0.39 is 0 Å². The molecule has 0 aliphatic rings. The van der Waals surface area contributed by atoms with Crippen LogP contribution in [0, 0.1) is 0 Å². The lowest BCUT2D eigenvalue weighted by atomic mass is 10.4. The molecule has 0 amide bonds. The fourth-order valence-corrected chi connectivity index (χ4v) is 1.86. The molecule has 0 aliphatic carbocycles. The third-order valence-corrected chi connectivity index (χ3v) is 2.82. The van der Waals surface area contributed by atoms with E-state index in [4.69, 9.17) is 9.52 Å². The highest BCUT2D eigenvalue weighted by Gasteiger charge is 1.94. The molecule has 0 aliphatic heterocycles. The molecule has 0 radical (unpaired) electrons. The van der Waals surface area contributed by atoms with E-state index in [0.29, 0.717) is 6.61 Å². The summed E-state index contributed by atoms with van der Waals surface area (Å²) in [4.78, 5) is 0. The van der Waals surface area contributed by atoms with Crippen molar-refractivity contribution in [2.24, 2.45) is 0 Å². The average Bonchev–Trinajstić information content (AvgIpc) is 2.69. The molecule has 5 heteroatoms. The minimum atomic E-state index is 0. The van der Waals surface area contributed by atoms with Crippen molar-refractivity contribution in [1.82, 2.24) is 5.32 Å². The van der Waals surface area contributed by atoms with Gasteiger partial charge in [0.25, 0.3) is 0 Å². The Kier molecular flexibility index (Phi) is 10.3. The zero-order valence-corrected chi connectivity index (χ0v) is 10.3. The van der Waals surface area contributed by atoms with Gasteiger partial charge in [0.2, 0.25) is 0 Å². The maximum absolute atomic E-state index is 8.55. The molecule has 1 aromatic rings. The summed E-state index contributed by atoms with van der Waals surface area (Å²) >= 11 is 1.86. The van der Waals surface area contributed by atoms with E-state index in [2.05, 4.69) is 5.32 Å². The van der Waals surface area contributed by atoms with E-state index in [-0.39, 0.29) is 12.4 Å². The minimum absolute atomic E-state index is 0. The topological polar surface area (TPSA) is 45.4 Å². The normalized spacial score (nSPS) is 9.93. The Morgan fingerprint density at radius 3 is 2.93 bits per heavy atom. The molecule has 1 heterocycles. The van der Waals surface area contributed by atoms with Crippen LogP contribution in [0.1, 0.15) is 12.2 Å². The molecule has 3 nitrogen and oxygen atoms in total. The van der Waals surface area contributed by atoms with Gasteiger partial charge in [-0.15, -0.1) is 12.4 Å². The van der Waals surface area contributed by atoms with E-state index >= 15 is 0 Å². The summed E-state index contributed by atoms with van der Waals surface area (Å²) in [5.41, 5.74) is 0. The summed E-state index contributed by atoms with van der Waals surface area (Å²) in [5, 5.41) is 11.8. The number of halogens is 1. The van der Waals surface area contributed by atoms with Crippen LogP contribution < -0.4 is 5.32 Å². The van der Waals surface area contributed by atoms with Gasteiger partial charge in [-0.25, -0.2) is 0 Å². The van der Waals surface area contributed by atoms with Crippen molar-refractivity contribution in [3.8, 4) is 0 Å². The van der Waals surface area contributed by atoms with Gasteiger partial charge in [-0.05, 0) is 24.3 Å². The molecule has 2 N–H and O–H groups in total. The van der Waals surface area contributed by atoms with Crippen molar-refractivity contribution < 1.29 is 9.52 Å². The lowest BCUT2D eigenvalue weighted by Gasteiger charge is -2.02. The first kappa shape index (κ1) is 14.8. The van der Waals surface area contributed by atoms with Gasteiger partial charge in [0, 0.05) is 18.9 Å². The standard InChI is InChI=1S/C10H17NO2S.ClH/c12-5-2-7-14-8-4-11-9-10-3-1-6-13-10;/h1,3,6,11-12H,2,4-5,7-9H2;1H. The largest absolute Gasteiger partial charge is 0.468 e. The van der Waals surface area contributed by atoms with Gasteiger partial charge < -0.3 is 14.8 Å². The van der Waals surface area contributed by atoms with Crippen molar-refractivity contribution >= 4 is 24.2 Å². The fraction of sp³-hybridized carbons (Fsp3) is 0.600. The summed E-state index contributed by atoms with van der Waals surface area (Å²) in [6.07, 6.45) is 2.58. The van der Waals surface area contributed by atoms with Crippen molar-refractivity contribution in [1.29, 1.82) is 0 Å². The quantitative estimate of drug-likeness (QED) is 0.693. The minimum Gasteiger partial charge on any atom is -0.468 e. The predicted octanol–water partition coefficient (Wildman–Crippen LogP) is 1.91. The first-order valence-corrected chi connectivity index (χ1v) is 6.00. The Hall–Kier alpha value is -0.160. The van der Waals surface area contributed by atoms with Crippen LogP contribution in [0.4, 0.5) is 0 Å². The zero-order chi connectivity index (χ0) is 10.1. The number of rotatable bonds is 8. The molecular formula is C10H18ClNO2S. The SMILES string of the molecule is Cl.OCCCSCCNCc1ccco1. The number of aliphatic hydroxyl groups is 1. The number of furan rings is 1. The maximum Gasteiger partial charge on any atom is 0.117 e. The Morgan fingerprint density at radius 1 is 1.40 bits per heavy atom. The van der Waals surface area contributed by atoms with E-state index in [1.54, 1.807) is 6.26 Å². The second kappa shape index (κ2) is 10.4. The highest BCUT2D eigenvalue weighted by atomic mass is 35.5. The lowest BCUT2D eigenvalue weighted by molar-refractivity contribution is 0.296. The van der Waals surface area contributed by atoms with Crippen molar-refractivity contribution in [2.45, 2.75) is 13.0 Å². The second-order valence-electron chi connectivity index (χ2n) is 2.95. The second-order valence-corrected chi connectivity index (χ2v) is 4.17. The van der Waals surface area contributed by atoms with Gasteiger partial charge >= 0.3 is 0 Å². The van der Waals surface area contributed by atoms with Gasteiger partial charge in [-0.3, -0.25) is 0 Å². The zero-order valence-electron chi connectivity index (χ0n) is 8.65. The lowest BCUT2D eigenvalue weighted by Crippen LogP contribution is -2.16. The molecule has 0 saturated heterocycles. The molecular weight excluding hydrogens is 234 g/mol. The molecule has 0 fully saturated rings. The number of nitrogens with one attached hydrogen (secondary N) is 1. The van der Waals surface area contributed by atoms with E-state index in [9.17, 15) is 0 Å². The Morgan fingerprint density at radius 2 is 2.27 bits per heavy atom. The summed E-state index contributed by atoms with van der Waals surface area (Å²) in [5.74, 6) is 3.10. The molecule has 1 rings (SSSR count). The number of hydrogen-bond donors (Lipinski definition) is 2. The maximum atomic E-state index is 8.55. The molecule has 1 aromatic heterocycles. The smallest absolute Gasteiger partial charge is 0.117 e. The van der Waals surface area contributed by atoms with Gasteiger partial charge in [-0.2, -0.15) is 11.8 Å². The van der Waals surface area contributed by atoms with Crippen LogP contribution >= 0.6 is 24.2 Å². The molecule has 0 spiro atoms. The molecule has 0 bridgehead atoms. The van der Waals surface area contributed by atoms with E-state index in [0.717, 1.165) is 36.8 Å². The molecule has 88 valence electrons. The average molecular weight is 252 g/mol. The van der Waals surface area contributed by atoms with E-state index in [1.807, 2.05) is 23.9 Å². The summed E-state index contributed by atoms with van der Waals surface area (Å²) in [6.45, 7) is 2.08. The predicted molar refractivity (Wildman–Crippen MR) is 66.7 cm³/mol. The first-order chi connectivity index (χ1) is 6.93. The van der Waals surface area contributed by atoms with Gasteiger partial charge in [-0.1, -0.05) is 0 Å². The van der Waals surface area contributed by atoms with Crippen molar-refractivity contribution in [3.63, 3.8) is 0 Å². The van der Waals surface area contributed by atoms with Crippen LogP contribution in [0.5, 0.6) is 0 Å². The molecule has 0 unspecified atom stereocenters. The van der Waals surface area contributed by atoms with Gasteiger partial charge in [0.1, 0.15) is 5.76 Å². The van der Waals surface area contributed by atoms with Gasteiger partial charge in [0.15, 0.2) is 0 Å². The van der Waals surface area contributed by atoms with Crippen LogP contribution in [0.15, 0.2) is 22.8 Å². The Balaban J connectivity index is 0.00000196. The number of thioether (sulfide) groups is 1. The molecule has 15 heavy (non-hydrogen) atoms. The molecule has 0 atom stereocenters. The highest BCUT2D eigenvalue weighted by molar-refractivity contribution is 7.99. The molecule has 0 saturated carbocycles. The third kappa shape index (κ3) is 7.73. The van der Waals surface area contributed by atoms with Crippen LogP contribution in [-0.2, 0) is 6.54 Å². The van der Waals surface area contributed by atoms with Gasteiger partial charge in [0.05, 0.1) is 12.8 Å². The number of hydrogen-bond acceptors (Lipinski definition) is 4. The van der Waals surface area contributed by atoms with Crippen LogP contribution in [0.3, 0.4) is 0 Å². The fourth-order valence-electron chi connectivity index (χ4n) is 1.04. The van der Waals surface area contributed by atoms with Crippen molar-refractivity contribution in [3.05, 3.63) is 24.2 Å². The van der Waals surface area contributed by atoms with E-state index in [1.165, 1.54) is 0 Å². The summed E-state index contributed by atoms with van der Waals surface area (Å²) in [7, 11) is 0. The third-order valence-electron chi connectivity index (χ3n) is 1.75. The van der Waals surface area contributed by atoms with Crippen LogP contribution in [-0.4, -0.2) is 29.8 Å². The van der Waals surface area contributed by atoms with Crippen LogP contribution in [0.25, 0.3) is 0 Å². The Bertz CT molecular complexity index is 219. The first-order valence-electron chi connectivity index (χ1n) is 4.85. The molecule has 0 aromatic carbocycles. The highest BCUT2D eigenvalue weighted by Crippen LogP contribution is 2.01.